The fraction of sp³-hybridized carbons (Fsp3) is 0.211. The first-order chi connectivity index (χ1) is 12.5. The van der Waals surface area contributed by atoms with E-state index in [0.717, 1.165) is 12.8 Å². The number of amides is 3. The fourth-order valence-corrected chi connectivity index (χ4v) is 2.23. The van der Waals surface area contributed by atoms with Crippen LogP contribution in [0.5, 0.6) is 5.75 Å². The Morgan fingerprint density at radius 2 is 1.54 bits per heavy atom. The number of carbonyl (C=O) groups is 3. The SMILES string of the molecule is O=C(COc1ccc(C(=O)c2ccc(F)cc2)cc1)NC(=O)NC1CC1. The molecule has 0 aliphatic heterocycles. The zero-order valence-corrected chi connectivity index (χ0v) is 13.8. The van der Waals surface area contributed by atoms with Gasteiger partial charge >= 0.3 is 6.03 Å². The molecule has 1 saturated carbocycles. The number of hydrogen-bond donors (Lipinski definition) is 2. The molecule has 3 amide bonds. The van der Waals surface area contributed by atoms with Gasteiger partial charge in [0.1, 0.15) is 11.6 Å². The molecule has 0 spiro atoms. The van der Waals surface area contributed by atoms with Gasteiger partial charge in [-0.15, -0.1) is 0 Å². The molecule has 1 aliphatic rings. The summed E-state index contributed by atoms with van der Waals surface area (Å²) in [7, 11) is 0. The topological polar surface area (TPSA) is 84.5 Å². The third-order valence-corrected chi connectivity index (χ3v) is 3.76. The van der Waals surface area contributed by atoms with Crippen LogP contribution in [-0.2, 0) is 4.79 Å². The molecule has 2 aromatic carbocycles. The Hall–Kier alpha value is -3.22. The predicted octanol–water partition coefficient (Wildman–Crippen LogP) is 2.42. The standard InChI is InChI=1S/C19H17FN2O4/c20-14-5-1-12(2-6-14)18(24)13-3-9-16(10-4-13)26-11-17(23)22-19(25)21-15-7-8-15/h1-6,9-10,15H,7-8,11H2,(H2,21,22,23,25). The van der Waals surface area contributed by atoms with E-state index in [0.29, 0.717) is 16.9 Å². The summed E-state index contributed by atoms with van der Waals surface area (Å²) in [6, 6.07) is 11.1. The Labute approximate surface area is 149 Å². The molecule has 3 rings (SSSR count). The summed E-state index contributed by atoms with van der Waals surface area (Å²) in [5, 5.41) is 4.81. The number of halogens is 1. The molecule has 134 valence electrons. The van der Waals surface area contributed by atoms with E-state index < -0.39 is 17.8 Å². The van der Waals surface area contributed by atoms with E-state index in [2.05, 4.69) is 10.6 Å². The van der Waals surface area contributed by atoms with Crippen LogP contribution in [0.2, 0.25) is 0 Å². The molecule has 1 aliphatic carbocycles. The highest BCUT2D eigenvalue weighted by Crippen LogP contribution is 2.18. The second kappa shape index (κ2) is 7.77. The van der Waals surface area contributed by atoms with Crippen LogP contribution >= 0.6 is 0 Å². The lowest BCUT2D eigenvalue weighted by Gasteiger charge is -2.08. The Balaban J connectivity index is 1.50. The molecule has 0 atom stereocenters. The Morgan fingerprint density at radius 3 is 2.12 bits per heavy atom. The summed E-state index contributed by atoms with van der Waals surface area (Å²) in [4.78, 5) is 35.3. The van der Waals surface area contributed by atoms with Crippen molar-refractivity contribution >= 4 is 17.7 Å². The van der Waals surface area contributed by atoms with Crippen LogP contribution in [-0.4, -0.2) is 30.4 Å². The number of imide groups is 1. The molecule has 0 aromatic heterocycles. The van der Waals surface area contributed by atoms with Crippen molar-refractivity contribution in [2.24, 2.45) is 0 Å². The van der Waals surface area contributed by atoms with Gasteiger partial charge in [0.05, 0.1) is 0 Å². The summed E-state index contributed by atoms with van der Waals surface area (Å²) in [6.07, 6.45) is 1.86. The van der Waals surface area contributed by atoms with Gasteiger partial charge in [-0.2, -0.15) is 0 Å². The summed E-state index contributed by atoms with van der Waals surface area (Å²) in [5.41, 5.74) is 0.790. The maximum Gasteiger partial charge on any atom is 0.321 e. The number of urea groups is 1. The van der Waals surface area contributed by atoms with Gasteiger partial charge in [-0.25, -0.2) is 9.18 Å². The van der Waals surface area contributed by atoms with E-state index in [1.165, 1.54) is 24.3 Å². The molecule has 6 nitrogen and oxygen atoms in total. The number of carbonyl (C=O) groups excluding carboxylic acids is 3. The highest BCUT2D eigenvalue weighted by Gasteiger charge is 2.23. The van der Waals surface area contributed by atoms with E-state index in [1.54, 1.807) is 24.3 Å². The molecule has 0 radical (unpaired) electrons. The van der Waals surface area contributed by atoms with Crippen molar-refractivity contribution in [2.75, 3.05) is 6.61 Å². The van der Waals surface area contributed by atoms with Crippen molar-refractivity contribution in [2.45, 2.75) is 18.9 Å². The Bertz CT molecular complexity index is 814. The van der Waals surface area contributed by atoms with Gasteiger partial charge in [-0.05, 0) is 61.4 Å². The van der Waals surface area contributed by atoms with E-state index in [-0.39, 0.29) is 18.4 Å². The lowest BCUT2D eigenvalue weighted by molar-refractivity contribution is -0.122. The summed E-state index contributed by atoms with van der Waals surface area (Å²) in [5.74, 6) is -0.826. The molecule has 0 saturated heterocycles. The molecular weight excluding hydrogens is 339 g/mol. The summed E-state index contributed by atoms with van der Waals surface area (Å²) < 4.78 is 18.2. The lowest BCUT2D eigenvalue weighted by Crippen LogP contribution is -2.42. The molecule has 1 fully saturated rings. The van der Waals surface area contributed by atoms with Gasteiger partial charge in [0.15, 0.2) is 12.4 Å². The van der Waals surface area contributed by atoms with Crippen LogP contribution in [0.1, 0.15) is 28.8 Å². The van der Waals surface area contributed by atoms with E-state index in [9.17, 15) is 18.8 Å². The zero-order valence-electron chi connectivity index (χ0n) is 13.8. The smallest absolute Gasteiger partial charge is 0.321 e. The minimum absolute atomic E-state index is 0.162. The Morgan fingerprint density at radius 1 is 0.962 bits per heavy atom. The van der Waals surface area contributed by atoms with Gasteiger partial charge in [0.25, 0.3) is 5.91 Å². The van der Waals surface area contributed by atoms with Gasteiger partial charge in [0, 0.05) is 17.2 Å². The lowest BCUT2D eigenvalue weighted by atomic mass is 10.0. The van der Waals surface area contributed by atoms with Crippen molar-refractivity contribution in [1.29, 1.82) is 0 Å². The van der Waals surface area contributed by atoms with Gasteiger partial charge < -0.3 is 10.1 Å². The molecule has 0 bridgehead atoms. The average Bonchev–Trinajstić information content (AvgIpc) is 3.44. The summed E-state index contributed by atoms with van der Waals surface area (Å²) >= 11 is 0. The third-order valence-electron chi connectivity index (χ3n) is 3.76. The number of ketones is 1. The van der Waals surface area contributed by atoms with Gasteiger partial charge in [-0.1, -0.05) is 0 Å². The predicted molar refractivity (Wildman–Crippen MR) is 91.5 cm³/mol. The number of nitrogens with one attached hydrogen (secondary N) is 2. The van der Waals surface area contributed by atoms with Crippen molar-refractivity contribution in [3.63, 3.8) is 0 Å². The van der Waals surface area contributed by atoms with Crippen molar-refractivity contribution < 1.29 is 23.5 Å². The first kappa shape index (κ1) is 17.6. The van der Waals surface area contributed by atoms with Crippen LogP contribution in [0.3, 0.4) is 0 Å². The van der Waals surface area contributed by atoms with Crippen LogP contribution in [0.15, 0.2) is 48.5 Å². The van der Waals surface area contributed by atoms with Crippen LogP contribution in [0, 0.1) is 5.82 Å². The van der Waals surface area contributed by atoms with E-state index in [4.69, 9.17) is 4.74 Å². The second-order valence-electron chi connectivity index (χ2n) is 5.94. The minimum Gasteiger partial charge on any atom is -0.484 e. The van der Waals surface area contributed by atoms with Crippen LogP contribution < -0.4 is 15.4 Å². The van der Waals surface area contributed by atoms with Crippen LogP contribution in [0.25, 0.3) is 0 Å². The number of rotatable bonds is 6. The first-order valence-corrected chi connectivity index (χ1v) is 8.15. The van der Waals surface area contributed by atoms with Gasteiger partial charge in [0.2, 0.25) is 0 Å². The van der Waals surface area contributed by atoms with Crippen LogP contribution in [0.4, 0.5) is 9.18 Å². The quantitative estimate of drug-likeness (QED) is 0.779. The number of hydrogen-bond acceptors (Lipinski definition) is 4. The van der Waals surface area contributed by atoms with E-state index in [1.807, 2.05) is 0 Å². The highest BCUT2D eigenvalue weighted by atomic mass is 19.1. The molecule has 7 heteroatoms. The van der Waals surface area contributed by atoms with Gasteiger partial charge in [-0.3, -0.25) is 14.9 Å². The maximum atomic E-state index is 12.9. The normalized spacial score (nSPS) is 13.0. The number of benzene rings is 2. The molecule has 0 unspecified atom stereocenters. The van der Waals surface area contributed by atoms with Crippen molar-refractivity contribution in [3.05, 3.63) is 65.5 Å². The minimum atomic E-state index is -0.561. The monoisotopic (exact) mass is 356 g/mol. The van der Waals surface area contributed by atoms with E-state index >= 15 is 0 Å². The highest BCUT2D eigenvalue weighted by molar-refractivity contribution is 6.09. The Kier molecular flexibility index (Phi) is 5.26. The van der Waals surface area contributed by atoms with Crippen molar-refractivity contribution in [1.82, 2.24) is 10.6 Å². The third kappa shape index (κ3) is 4.89. The molecule has 26 heavy (non-hydrogen) atoms. The second-order valence-corrected chi connectivity index (χ2v) is 5.94. The molecule has 2 N–H and O–H groups in total. The zero-order chi connectivity index (χ0) is 18.5. The maximum absolute atomic E-state index is 12.9. The first-order valence-electron chi connectivity index (χ1n) is 8.15. The fourth-order valence-electron chi connectivity index (χ4n) is 2.23. The summed E-state index contributed by atoms with van der Waals surface area (Å²) in [6.45, 7) is -0.316. The largest absolute Gasteiger partial charge is 0.484 e. The number of ether oxygens (including phenoxy) is 1. The average molecular weight is 356 g/mol. The molecular formula is C19H17FN2O4. The van der Waals surface area contributed by atoms with Crippen molar-refractivity contribution in [3.8, 4) is 5.75 Å². The molecule has 0 heterocycles. The molecule has 2 aromatic rings.